The zero-order chi connectivity index (χ0) is 20.4. The number of fused-ring (bicyclic) bond motifs is 1. The van der Waals surface area contributed by atoms with Crippen LogP contribution in [0.25, 0.3) is 10.9 Å². The first-order valence-electron chi connectivity index (χ1n) is 9.75. The van der Waals surface area contributed by atoms with Crippen molar-refractivity contribution in [1.29, 1.82) is 0 Å². The van der Waals surface area contributed by atoms with Crippen LogP contribution in [0.15, 0.2) is 48.5 Å². The van der Waals surface area contributed by atoms with Gasteiger partial charge in [0.05, 0.1) is 12.0 Å². The Morgan fingerprint density at radius 3 is 2.48 bits per heavy atom. The first-order valence-corrected chi connectivity index (χ1v) is 9.75. The third-order valence-corrected chi connectivity index (χ3v) is 5.40. The largest absolute Gasteiger partial charge is 0.497 e. The molecule has 1 aromatic heterocycles. The molecule has 1 fully saturated rings. The van der Waals surface area contributed by atoms with E-state index in [9.17, 15) is 10.1 Å². The molecule has 7 heteroatoms. The molecule has 0 spiro atoms. The first kappa shape index (κ1) is 19.0. The van der Waals surface area contributed by atoms with Crippen molar-refractivity contribution in [2.24, 2.45) is 0 Å². The molecule has 3 aromatic rings. The molecule has 1 aliphatic rings. The lowest BCUT2D eigenvalue weighted by atomic mass is 10.1. The van der Waals surface area contributed by atoms with Crippen LogP contribution in [0.1, 0.15) is 12.1 Å². The van der Waals surface area contributed by atoms with E-state index >= 15 is 0 Å². The lowest BCUT2D eigenvalue weighted by Gasteiger charge is -2.26. The molecule has 0 radical (unpaired) electrons. The molecule has 4 rings (SSSR count). The van der Waals surface area contributed by atoms with E-state index in [4.69, 9.17) is 4.74 Å². The average Bonchev–Trinajstić information content (AvgIpc) is 2.99. The van der Waals surface area contributed by atoms with Gasteiger partial charge in [0.15, 0.2) is 5.52 Å². The number of hydrogen-bond acceptors (Lipinski definition) is 6. The number of aryl methyl sites for hydroxylation is 1. The van der Waals surface area contributed by atoms with Crippen molar-refractivity contribution >= 4 is 28.0 Å². The average molecular weight is 392 g/mol. The Labute approximate surface area is 169 Å². The van der Waals surface area contributed by atoms with Gasteiger partial charge in [-0.15, -0.1) is 0 Å². The van der Waals surface area contributed by atoms with E-state index in [1.165, 1.54) is 11.8 Å². The van der Waals surface area contributed by atoms with Gasteiger partial charge in [0.25, 0.3) is 5.69 Å². The number of rotatable bonds is 4. The van der Waals surface area contributed by atoms with Crippen LogP contribution >= 0.6 is 0 Å². The fraction of sp³-hybridized carbons (Fsp3) is 0.318. The molecule has 0 N–H and O–H groups in total. The van der Waals surface area contributed by atoms with Gasteiger partial charge in [0.2, 0.25) is 0 Å². The Morgan fingerprint density at radius 2 is 1.76 bits per heavy atom. The van der Waals surface area contributed by atoms with Crippen molar-refractivity contribution in [2.75, 3.05) is 43.1 Å². The van der Waals surface area contributed by atoms with Crippen LogP contribution in [0.4, 0.5) is 17.1 Å². The quantitative estimate of drug-likeness (QED) is 0.490. The summed E-state index contributed by atoms with van der Waals surface area (Å²) in [6.07, 6.45) is 1.00. The summed E-state index contributed by atoms with van der Waals surface area (Å²) in [5.41, 5.74) is 3.51. The summed E-state index contributed by atoms with van der Waals surface area (Å²) < 4.78 is 5.25. The first-order chi connectivity index (χ1) is 14.1. The SMILES string of the molecule is COc1ccc(N2CCCN(c3cc(C)nc4c([N+](=O)[O-])cccc34)CC2)cc1. The molecule has 2 aromatic carbocycles. The van der Waals surface area contributed by atoms with Crippen molar-refractivity contribution in [3.8, 4) is 5.75 Å². The number of anilines is 2. The highest BCUT2D eigenvalue weighted by Crippen LogP contribution is 2.33. The number of nitro benzene ring substituents is 1. The van der Waals surface area contributed by atoms with Crippen molar-refractivity contribution in [2.45, 2.75) is 13.3 Å². The Balaban J connectivity index is 1.63. The fourth-order valence-electron chi connectivity index (χ4n) is 3.96. The Kier molecular flexibility index (Phi) is 5.20. The minimum Gasteiger partial charge on any atom is -0.497 e. The Hall–Kier alpha value is -3.35. The number of nitro groups is 1. The second-order valence-corrected chi connectivity index (χ2v) is 7.24. The second kappa shape index (κ2) is 7.95. The number of methoxy groups -OCH3 is 1. The van der Waals surface area contributed by atoms with Gasteiger partial charge >= 0.3 is 0 Å². The molecule has 7 nitrogen and oxygen atoms in total. The minimum absolute atomic E-state index is 0.0575. The molecule has 1 aliphatic heterocycles. The number of ether oxygens (including phenoxy) is 1. The molecular weight excluding hydrogens is 368 g/mol. The van der Waals surface area contributed by atoms with E-state index in [1.54, 1.807) is 13.2 Å². The van der Waals surface area contributed by atoms with Crippen LogP contribution in [0.3, 0.4) is 0 Å². The topological polar surface area (TPSA) is 71.7 Å². The van der Waals surface area contributed by atoms with Crippen molar-refractivity contribution in [3.63, 3.8) is 0 Å². The summed E-state index contributed by atoms with van der Waals surface area (Å²) >= 11 is 0. The highest BCUT2D eigenvalue weighted by atomic mass is 16.6. The summed E-state index contributed by atoms with van der Waals surface area (Å²) in [6, 6.07) is 15.4. The third kappa shape index (κ3) is 3.81. The fourth-order valence-corrected chi connectivity index (χ4v) is 3.96. The number of pyridine rings is 1. The van der Waals surface area contributed by atoms with E-state index in [2.05, 4.69) is 26.9 Å². The molecule has 29 heavy (non-hydrogen) atoms. The predicted octanol–water partition coefficient (Wildman–Crippen LogP) is 4.18. The smallest absolute Gasteiger partial charge is 0.295 e. The number of hydrogen-bond donors (Lipinski definition) is 0. The van der Waals surface area contributed by atoms with Gasteiger partial charge in [-0.1, -0.05) is 12.1 Å². The van der Waals surface area contributed by atoms with E-state index in [0.717, 1.165) is 55.1 Å². The monoisotopic (exact) mass is 392 g/mol. The summed E-state index contributed by atoms with van der Waals surface area (Å²) in [5.74, 6) is 0.852. The lowest BCUT2D eigenvalue weighted by molar-refractivity contribution is -0.383. The number of aromatic nitrogens is 1. The Morgan fingerprint density at radius 1 is 1.03 bits per heavy atom. The van der Waals surface area contributed by atoms with Gasteiger partial charge in [-0.05, 0) is 43.7 Å². The molecule has 0 unspecified atom stereocenters. The maximum atomic E-state index is 11.5. The summed E-state index contributed by atoms with van der Waals surface area (Å²) in [6.45, 7) is 5.47. The standard InChI is InChI=1S/C22H24N4O3/c1-16-15-21(19-5-3-6-20(26(27)28)22(19)23-16)25-12-4-11-24(13-14-25)17-7-9-18(29-2)10-8-17/h3,5-10,15H,4,11-14H2,1-2H3. The highest BCUT2D eigenvalue weighted by Gasteiger charge is 2.21. The maximum Gasteiger partial charge on any atom is 0.295 e. The van der Waals surface area contributed by atoms with E-state index in [1.807, 2.05) is 31.2 Å². The molecular formula is C22H24N4O3. The number of para-hydroxylation sites is 1. The zero-order valence-electron chi connectivity index (χ0n) is 16.7. The normalized spacial score (nSPS) is 14.7. The molecule has 1 saturated heterocycles. The molecule has 150 valence electrons. The lowest BCUT2D eigenvalue weighted by Crippen LogP contribution is -2.30. The van der Waals surface area contributed by atoms with Gasteiger partial charge in [-0.3, -0.25) is 10.1 Å². The molecule has 0 atom stereocenters. The minimum atomic E-state index is -0.355. The molecule has 0 amide bonds. The van der Waals surface area contributed by atoms with Crippen LogP contribution in [-0.2, 0) is 0 Å². The van der Waals surface area contributed by atoms with Crippen molar-refractivity contribution in [1.82, 2.24) is 4.98 Å². The van der Waals surface area contributed by atoms with Crippen LogP contribution in [0.5, 0.6) is 5.75 Å². The summed E-state index contributed by atoms with van der Waals surface area (Å²) in [7, 11) is 1.67. The van der Waals surface area contributed by atoms with E-state index < -0.39 is 0 Å². The molecule has 2 heterocycles. The zero-order valence-corrected chi connectivity index (χ0v) is 16.7. The van der Waals surface area contributed by atoms with Crippen LogP contribution < -0.4 is 14.5 Å². The number of non-ortho nitro benzene ring substituents is 1. The number of benzene rings is 2. The van der Waals surface area contributed by atoms with Crippen LogP contribution in [-0.4, -0.2) is 43.2 Å². The predicted molar refractivity (Wildman–Crippen MR) is 115 cm³/mol. The van der Waals surface area contributed by atoms with Gasteiger partial charge in [-0.2, -0.15) is 0 Å². The van der Waals surface area contributed by atoms with Crippen molar-refractivity contribution in [3.05, 3.63) is 64.3 Å². The highest BCUT2D eigenvalue weighted by molar-refractivity contribution is 5.97. The maximum absolute atomic E-state index is 11.5. The summed E-state index contributed by atoms with van der Waals surface area (Å²) in [4.78, 5) is 20.3. The molecule has 0 bridgehead atoms. The summed E-state index contributed by atoms with van der Waals surface area (Å²) in [5, 5.41) is 12.3. The molecule has 0 aliphatic carbocycles. The second-order valence-electron chi connectivity index (χ2n) is 7.24. The van der Waals surface area contributed by atoms with Gasteiger partial charge in [-0.25, -0.2) is 4.98 Å². The van der Waals surface area contributed by atoms with Gasteiger partial charge < -0.3 is 14.5 Å². The van der Waals surface area contributed by atoms with Crippen molar-refractivity contribution < 1.29 is 9.66 Å². The van der Waals surface area contributed by atoms with Crippen LogP contribution in [0, 0.1) is 17.0 Å². The van der Waals surface area contributed by atoms with Gasteiger partial charge in [0.1, 0.15) is 5.75 Å². The third-order valence-electron chi connectivity index (χ3n) is 5.40. The Bertz CT molecular complexity index is 1040. The molecule has 0 saturated carbocycles. The van der Waals surface area contributed by atoms with E-state index in [0.29, 0.717) is 5.52 Å². The van der Waals surface area contributed by atoms with Crippen LogP contribution in [0.2, 0.25) is 0 Å². The number of nitrogens with zero attached hydrogens (tertiary/aromatic N) is 4. The van der Waals surface area contributed by atoms with E-state index in [-0.39, 0.29) is 10.6 Å². The van der Waals surface area contributed by atoms with Gasteiger partial charge in [0, 0.05) is 54.7 Å².